The van der Waals surface area contributed by atoms with Crippen LogP contribution >= 0.6 is 21.6 Å². The number of unbranched alkanes of at least 4 members (excludes halogenated alkanes) is 1. The summed E-state index contributed by atoms with van der Waals surface area (Å²) in [4.78, 5) is 61.2. The van der Waals surface area contributed by atoms with E-state index >= 15 is 0 Å². The van der Waals surface area contributed by atoms with Crippen molar-refractivity contribution in [3.63, 3.8) is 0 Å². The fraction of sp³-hybridized carbons (Fsp3) is 0.500. The molecule has 4 aromatic rings. The van der Waals surface area contributed by atoms with Crippen LogP contribution in [0.1, 0.15) is 49.8 Å². The molecule has 10 atom stereocenters. The van der Waals surface area contributed by atoms with E-state index in [1.165, 1.54) is 35.4 Å². The molecule has 2 heterocycles. The summed E-state index contributed by atoms with van der Waals surface area (Å²) in [5, 5.41) is 37.3. The van der Waals surface area contributed by atoms with Gasteiger partial charge >= 0.3 is 0 Å². The Balaban J connectivity index is 1.43. The van der Waals surface area contributed by atoms with Gasteiger partial charge in [0.2, 0.25) is 11.8 Å². The van der Waals surface area contributed by atoms with Crippen LogP contribution in [0, 0.1) is 0 Å². The van der Waals surface area contributed by atoms with Gasteiger partial charge < -0.3 is 42.4 Å². The molecule has 1 aromatic heterocycles. The van der Waals surface area contributed by atoms with Crippen LogP contribution in [0.15, 0.2) is 91.1 Å². The van der Waals surface area contributed by atoms with Crippen LogP contribution in [0.4, 0.5) is 0 Å². The highest BCUT2D eigenvalue weighted by atomic mass is 33.1. The third kappa shape index (κ3) is 18.4. The summed E-state index contributed by atoms with van der Waals surface area (Å²) < 4.78 is 0. The van der Waals surface area contributed by atoms with E-state index in [1.807, 2.05) is 91.1 Å². The largest absolute Gasteiger partial charge is 0.394 e. The Morgan fingerprint density at radius 1 is 0.773 bits per heavy atom. The molecule has 1 aliphatic heterocycles. The number of benzene rings is 3. The Labute approximate surface area is 392 Å². The second-order valence-corrected chi connectivity index (χ2v) is 18.3. The second-order valence-electron chi connectivity index (χ2n) is 15.8. The number of carbonyl (C=O) groups is 2. The fourth-order valence-corrected chi connectivity index (χ4v) is 8.66. The van der Waals surface area contributed by atoms with Crippen molar-refractivity contribution >= 4 is 44.3 Å². The van der Waals surface area contributed by atoms with Crippen LogP contribution in [-0.2, 0) is 53.0 Å². The van der Waals surface area contributed by atoms with E-state index in [4.69, 9.17) is 35.7 Å². The number of para-hydroxylation sites is 1. The lowest BCUT2D eigenvalue weighted by atomic mass is 10.1. The second kappa shape index (κ2) is 29.2. The number of hydrogen-bond donors (Lipinski definition) is 13. The van der Waals surface area contributed by atoms with Gasteiger partial charge in [0.1, 0.15) is 6.04 Å². The van der Waals surface area contributed by atoms with Crippen molar-refractivity contribution in [1.82, 2.24) is 43.0 Å². The molecule has 0 spiro atoms. The van der Waals surface area contributed by atoms with Crippen LogP contribution in [0.3, 0.4) is 0 Å². The minimum atomic E-state index is -1.21. The Bertz CT molecular complexity index is 1980. The van der Waals surface area contributed by atoms with Crippen LogP contribution in [0.2, 0.25) is 0 Å². The maximum atomic E-state index is 13.6. The molecule has 0 aliphatic carbocycles. The predicted octanol–water partition coefficient (Wildman–Crippen LogP) is 1.01. The van der Waals surface area contributed by atoms with E-state index in [0.717, 1.165) is 27.6 Å². The Morgan fingerprint density at radius 2 is 1.41 bits per heavy atom. The minimum Gasteiger partial charge on any atom is -0.394 e. The summed E-state index contributed by atoms with van der Waals surface area (Å²) >= 11 is 0. The highest BCUT2D eigenvalue weighted by Gasteiger charge is 2.29. The topological polar surface area (TPSA) is 293 Å². The van der Waals surface area contributed by atoms with Crippen LogP contribution in [0.25, 0.3) is 10.9 Å². The Morgan fingerprint density at radius 3 is 2.11 bits per heavy atom. The molecule has 66 heavy (non-hydrogen) atoms. The van der Waals surface area contributed by atoms with Crippen molar-refractivity contribution in [2.24, 2.45) is 11.5 Å². The third-order valence-electron chi connectivity index (χ3n) is 10.3. The van der Waals surface area contributed by atoms with Gasteiger partial charge in [-0.1, -0.05) is 100 Å². The molecule has 1 saturated heterocycles. The molecular formula is C44H66N10O10S2. The van der Waals surface area contributed by atoms with E-state index in [0.29, 0.717) is 38.6 Å². The Kier molecular flexibility index (Phi) is 23.5. The molecule has 20 nitrogen and oxygen atoms in total. The first kappa shape index (κ1) is 53.2. The molecule has 5 rings (SSSR count). The molecule has 1 unspecified atom stereocenters. The van der Waals surface area contributed by atoms with E-state index < -0.39 is 79.9 Å². The normalized spacial score (nSPS) is 24.1. The minimum absolute atomic E-state index is 0.0715. The number of carbonyl (C=O) groups excluding carboxylic acids is 2. The number of aromatic amines is 1. The quantitative estimate of drug-likeness (QED) is 0.0519. The lowest BCUT2D eigenvalue weighted by molar-refractivity contribution is -0.234. The highest BCUT2D eigenvalue weighted by Crippen LogP contribution is 2.24. The van der Waals surface area contributed by atoms with Crippen molar-refractivity contribution in [3.05, 3.63) is 108 Å². The van der Waals surface area contributed by atoms with Crippen LogP contribution in [-0.4, -0.2) is 118 Å². The first-order chi connectivity index (χ1) is 32.0. The molecule has 364 valence electrons. The molecule has 2 amide bonds. The summed E-state index contributed by atoms with van der Waals surface area (Å²) in [6.45, 7) is 2.86. The van der Waals surface area contributed by atoms with Gasteiger partial charge in [0.15, 0.2) is 31.1 Å². The number of fused-ring (bicyclic) bond motifs is 1. The molecule has 22 heteroatoms. The first-order valence-corrected chi connectivity index (χ1v) is 24.5. The third-order valence-corrected chi connectivity index (χ3v) is 12.7. The number of nitrogens with one attached hydrogen (secondary N) is 8. The zero-order valence-corrected chi connectivity index (χ0v) is 38.8. The highest BCUT2D eigenvalue weighted by molar-refractivity contribution is 8.76. The molecule has 1 aliphatic rings. The van der Waals surface area contributed by atoms with Gasteiger partial charge in [-0.25, -0.2) is 0 Å². The van der Waals surface area contributed by atoms with Crippen molar-refractivity contribution in [3.8, 4) is 0 Å². The van der Waals surface area contributed by atoms with Gasteiger partial charge in [-0.3, -0.25) is 33.8 Å². The summed E-state index contributed by atoms with van der Waals surface area (Å²) in [5.41, 5.74) is 30.5. The summed E-state index contributed by atoms with van der Waals surface area (Å²) in [7, 11) is 2.53. The maximum absolute atomic E-state index is 13.6. The first-order valence-electron chi connectivity index (χ1n) is 22.0. The van der Waals surface area contributed by atoms with Crippen molar-refractivity contribution < 1.29 is 49.1 Å². The van der Waals surface area contributed by atoms with Gasteiger partial charge in [0.05, 0.1) is 36.7 Å². The summed E-state index contributed by atoms with van der Waals surface area (Å²) in [5.74, 6) is -0.831. The number of H-pyrrole nitrogens is 1. The number of aromatic nitrogens is 1. The SMILES string of the molecule is CC(O)[C@H]1NO[C@@H](CCCCN)NO[C@H](Cc2c[nH]c3ccccc23)NO[C@@H](Cc2ccccc2)NO[C@@H](NC(=O)[C@H](N)Cc2ccccc2)CSSC[C@@H](C(=O)N[C@H](CO)[C@@H](C)O)NO1. The van der Waals surface area contributed by atoms with E-state index in [-0.39, 0.29) is 17.9 Å². The lowest BCUT2D eigenvalue weighted by Gasteiger charge is -2.30. The molecule has 0 saturated carbocycles. The molecule has 0 bridgehead atoms. The predicted molar refractivity (Wildman–Crippen MR) is 252 cm³/mol. The van der Waals surface area contributed by atoms with E-state index in [2.05, 4.69) is 43.0 Å². The standard InChI is InChI=1S/C44H66N10O10S2/c1-28(56)36(25-55)48-43(59)37-26-65-66-27-41(49-42(58)34(46)21-30-13-5-3-6-14-30)63-52-39(22-31-15-7-4-8-16-31)61-53-40(23-32-24-47-35-18-10-9-17-33(32)35)62-51-38(19-11-12-20-45)60-54-44(29(2)57)64-50-37/h3-10,13-18,24,28-29,34,36-41,44,47,50-57H,11-12,19-23,25-27,45-46H2,1-2H3,(H,48,59)(H,49,58)/t28-,29?,34-,36-,37+,38+,39+,40-,41-,44+/m1/s1. The molecule has 15 N–H and O–H groups in total. The summed E-state index contributed by atoms with van der Waals surface area (Å²) in [6, 6.07) is 24.0. The fourth-order valence-electron chi connectivity index (χ4n) is 6.48. The van der Waals surface area contributed by atoms with Gasteiger partial charge in [-0.05, 0) is 68.8 Å². The monoisotopic (exact) mass is 958 g/mol. The van der Waals surface area contributed by atoms with Crippen molar-refractivity contribution in [1.29, 1.82) is 0 Å². The van der Waals surface area contributed by atoms with Crippen molar-refractivity contribution in [2.75, 3.05) is 24.7 Å². The number of aliphatic hydroxyl groups excluding tert-OH is 3. The van der Waals surface area contributed by atoms with Gasteiger partial charge in [-0.15, -0.1) is 0 Å². The molecule has 1 fully saturated rings. The smallest absolute Gasteiger partial charge is 0.240 e. The van der Waals surface area contributed by atoms with E-state index in [9.17, 15) is 24.9 Å². The van der Waals surface area contributed by atoms with Gasteiger partial charge in [0, 0.05) is 35.7 Å². The number of hydrogen-bond acceptors (Lipinski definition) is 19. The average Bonchev–Trinajstić information content (AvgIpc) is 3.72. The van der Waals surface area contributed by atoms with Crippen LogP contribution in [0.5, 0.6) is 0 Å². The van der Waals surface area contributed by atoms with Gasteiger partial charge in [-0.2, -0.15) is 27.4 Å². The number of amides is 2. The lowest BCUT2D eigenvalue weighted by Crippen LogP contribution is -2.56. The van der Waals surface area contributed by atoms with Crippen molar-refractivity contribution in [2.45, 2.75) is 114 Å². The zero-order chi connectivity index (χ0) is 47.1. The number of aliphatic hydroxyl groups is 3. The Hall–Kier alpha value is -3.76. The number of nitrogens with two attached hydrogens (primary N) is 2. The molecule has 0 radical (unpaired) electrons. The van der Waals surface area contributed by atoms with Gasteiger partial charge in [0.25, 0.3) is 0 Å². The van der Waals surface area contributed by atoms with E-state index in [1.54, 1.807) is 0 Å². The zero-order valence-electron chi connectivity index (χ0n) is 37.2. The van der Waals surface area contributed by atoms with Crippen LogP contribution < -0.4 is 49.5 Å². The molecule has 3 aromatic carbocycles. The summed E-state index contributed by atoms with van der Waals surface area (Å²) in [6.07, 6.45) is -2.35. The average molecular weight is 959 g/mol. The molecular weight excluding hydrogens is 893 g/mol. The number of hydroxylamine groups is 5. The maximum Gasteiger partial charge on any atom is 0.240 e. The number of rotatable bonds is 17.